The topological polar surface area (TPSA) is 118 Å². The van der Waals surface area contributed by atoms with E-state index in [9.17, 15) is 5.11 Å². The fourth-order valence-electron chi connectivity index (χ4n) is 3.52. The van der Waals surface area contributed by atoms with Crippen LogP contribution in [0.5, 0.6) is 0 Å². The minimum Gasteiger partial charge on any atom is -0.846 e. The predicted octanol–water partition coefficient (Wildman–Crippen LogP) is 1.58. The molecule has 3 N–H and O–H groups in total. The van der Waals surface area contributed by atoms with E-state index in [0.717, 1.165) is 29.8 Å². The van der Waals surface area contributed by atoms with Gasteiger partial charge in [-0.2, -0.15) is 0 Å². The molecule has 2 aromatic rings. The fraction of sp³-hybridized carbons (Fsp3) is 0.455. The Balaban J connectivity index is 1.85. The van der Waals surface area contributed by atoms with Crippen LogP contribution in [0.4, 0.5) is 5.95 Å². The van der Waals surface area contributed by atoms with Crippen LogP contribution < -0.4 is 10.8 Å². The number of rotatable bonds is 4. The first-order valence-corrected chi connectivity index (χ1v) is 10.2. The molecule has 1 unspecified atom stereocenters. The number of anilines is 1. The summed E-state index contributed by atoms with van der Waals surface area (Å²) in [6.45, 7) is 9.00. The summed E-state index contributed by atoms with van der Waals surface area (Å²) >= 11 is 0. The summed E-state index contributed by atoms with van der Waals surface area (Å²) in [5, 5.41) is 21.3. The van der Waals surface area contributed by atoms with Crippen LogP contribution in [0.3, 0.4) is 0 Å². The van der Waals surface area contributed by atoms with Crippen LogP contribution in [0, 0.1) is 11.3 Å². The van der Waals surface area contributed by atoms with E-state index in [1.807, 2.05) is 52.1 Å². The van der Waals surface area contributed by atoms with Crippen molar-refractivity contribution in [3.05, 3.63) is 42.2 Å². The van der Waals surface area contributed by atoms with E-state index >= 15 is 0 Å². The van der Waals surface area contributed by atoms with Gasteiger partial charge in [-0.25, -0.2) is 15.0 Å². The standard InChI is InChI=1S/C22H31N7O/c1-15(2)22(3,19(23)27-21(30)29-11-9-28(4)10-12-29)18-7-5-16(6-8-18)17-13-25-20(24)26-14-17/h5-8,13-15H,9-12H2,1-4H3,(H2,23,27,30)(H2,24,25,26)/p-1. The zero-order chi connectivity index (χ0) is 21.9. The number of nitrogens with zero attached hydrogens (tertiary/aromatic N) is 5. The smallest absolute Gasteiger partial charge is 0.219 e. The van der Waals surface area contributed by atoms with Gasteiger partial charge >= 0.3 is 0 Å². The monoisotopic (exact) mass is 408 g/mol. The van der Waals surface area contributed by atoms with Crippen molar-refractivity contribution in [2.45, 2.75) is 26.2 Å². The molecule has 0 spiro atoms. The highest BCUT2D eigenvalue weighted by atomic mass is 16.3. The van der Waals surface area contributed by atoms with Crippen LogP contribution in [-0.4, -0.2) is 64.9 Å². The molecule has 1 aromatic heterocycles. The number of hydrogen-bond acceptors (Lipinski definition) is 6. The largest absolute Gasteiger partial charge is 0.846 e. The second kappa shape index (κ2) is 8.79. The molecule has 0 amide bonds. The number of hydrogen-bond donors (Lipinski definition) is 2. The minimum absolute atomic E-state index is 0.0831. The van der Waals surface area contributed by atoms with Gasteiger partial charge in [-0.05, 0) is 31.0 Å². The summed E-state index contributed by atoms with van der Waals surface area (Å²) in [4.78, 5) is 16.2. The van der Waals surface area contributed by atoms with Crippen LogP contribution in [0.1, 0.15) is 26.3 Å². The van der Waals surface area contributed by atoms with Crippen LogP contribution in [0.15, 0.2) is 41.7 Å². The van der Waals surface area contributed by atoms with Crippen molar-refractivity contribution in [3.63, 3.8) is 0 Å². The Morgan fingerprint density at radius 1 is 1.10 bits per heavy atom. The number of amidine groups is 2. The summed E-state index contributed by atoms with van der Waals surface area (Å²) in [6.07, 6.45) is 3.37. The highest BCUT2D eigenvalue weighted by molar-refractivity contribution is 5.97. The van der Waals surface area contributed by atoms with E-state index in [1.54, 1.807) is 17.3 Å². The number of aromatic nitrogens is 2. The Morgan fingerprint density at radius 2 is 1.67 bits per heavy atom. The molecule has 1 aliphatic heterocycles. The lowest BCUT2D eigenvalue weighted by molar-refractivity contribution is -0.235. The molecule has 8 nitrogen and oxygen atoms in total. The van der Waals surface area contributed by atoms with Crippen molar-refractivity contribution < 1.29 is 5.11 Å². The van der Waals surface area contributed by atoms with Gasteiger partial charge in [0.1, 0.15) is 5.84 Å². The first kappa shape index (κ1) is 21.7. The quantitative estimate of drug-likeness (QED) is 0.586. The molecule has 8 heteroatoms. The van der Waals surface area contributed by atoms with Crippen molar-refractivity contribution >= 4 is 17.8 Å². The third kappa shape index (κ3) is 4.43. The lowest BCUT2D eigenvalue weighted by Crippen LogP contribution is -2.52. The Hall–Kier alpha value is -3.00. The van der Waals surface area contributed by atoms with Gasteiger partial charge in [0.25, 0.3) is 0 Å². The van der Waals surface area contributed by atoms with E-state index in [1.165, 1.54) is 0 Å². The zero-order valence-electron chi connectivity index (χ0n) is 18.1. The molecular weight excluding hydrogens is 378 g/mol. The van der Waals surface area contributed by atoms with E-state index in [0.29, 0.717) is 13.1 Å². The highest BCUT2D eigenvalue weighted by Crippen LogP contribution is 2.35. The van der Waals surface area contributed by atoms with E-state index in [-0.39, 0.29) is 23.7 Å². The van der Waals surface area contributed by atoms with Crippen LogP contribution in [0.2, 0.25) is 0 Å². The average molecular weight is 409 g/mol. The van der Waals surface area contributed by atoms with Crippen molar-refractivity contribution in [2.24, 2.45) is 10.9 Å². The van der Waals surface area contributed by atoms with Gasteiger partial charge in [0.15, 0.2) is 0 Å². The molecule has 1 fully saturated rings. The fourth-order valence-corrected chi connectivity index (χ4v) is 3.52. The third-order valence-corrected chi connectivity index (χ3v) is 6.12. The van der Waals surface area contributed by atoms with Crippen LogP contribution in [-0.2, 0) is 5.41 Å². The number of benzene rings is 1. The molecule has 160 valence electrons. The van der Waals surface area contributed by atoms with Gasteiger partial charge in [0.05, 0.1) is 11.4 Å². The molecule has 1 aliphatic rings. The van der Waals surface area contributed by atoms with Gasteiger partial charge in [-0.1, -0.05) is 38.1 Å². The summed E-state index contributed by atoms with van der Waals surface area (Å²) in [5.74, 6) is 0.410. The van der Waals surface area contributed by atoms with Crippen molar-refractivity contribution in [1.82, 2.24) is 19.8 Å². The number of aliphatic imine (C=N–C) groups is 1. The molecular formula is C22H30N7O-. The van der Waals surface area contributed by atoms with Crippen LogP contribution in [0.25, 0.3) is 11.1 Å². The third-order valence-electron chi connectivity index (χ3n) is 6.12. The van der Waals surface area contributed by atoms with Gasteiger partial charge < -0.3 is 20.6 Å². The lowest BCUT2D eigenvalue weighted by Gasteiger charge is -2.38. The van der Waals surface area contributed by atoms with Crippen molar-refractivity contribution in [1.29, 1.82) is 5.41 Å². The van der Waals surface area contributed by atoms with Gasteiger partial charge in [0, 0.05) is 44.1 Å². The number of piperazine rings is 1. The van der Waals surface area contributed by atoms with Gasteiger partial charge in [0.2, 0.25) is 5.95 Å². The number of nitrogens with one attached hydrogen (secondary N) is 1. The summed E-state index contributed by atoms with van der Waals surface area (Å²) in [6, 6.07) is 7.59. The maximum absolute atomic E-state index is 12.7. The van der Waals surface area contributed by atoms with E-state index < -0.39 is 5.41 Å². The molecule has 1 saturated heterocycles. The molecule has 2 heterocycles. The summed E-state index contributed by atoms with van der Waals surface area (Å²) in [7, 11) is 2.04. The highest BCUT2D eigenvalue weighted by Gasteiger charge is 2.35. The maximum Gasteiger partial charge on any atom is 0.219 e. The van der Waals surface area contributed by atoms with E-state index in [4.69, 9.17) is 11.1 Å². The molecule has 1 atom stereocenters. The van der Waals surface area contributed by atoms with E-state index in [2.05, 4.69) is 19.9 Å². The molecule has 0 radical (unpaired) electrons. The Morgan fingerprint density at radius 3 is 2.20 bits per heavy atom. The number of nitrogens with two attached hydrogens (primary N) is 1. The van der Waals surface area contributed by atoms with Gasteiger partial charge in [-0.15, -0.1) is 0 Å². The molecule has 1 aromatic carbocycles. The SMILES string of the molecule is CC(C)C(C)(C(=N)N=C([O-])N1CCN(C)CC1)c1ccc(-c2cnc(N)nc2)cc1. The summed E-state index contributed by atoms with van der Waals surface area (Å²) in [5.41, 5.74) is 7.65. The second-order valence-electron chi connectivity index (χ2n) is 8.30. The average Bonchev–Trinajstić information content (AvgIpc) is 2.74. The van der Waals surface area contributed by atoms with Crippen molar-refractivity contribution in [2.75, 3.05) is 39.0 Å². The minimum atomic E-state index is -0.682. The van der Waals surface area contributed by atoms with Crippen LogP contribution >= 0.6 is 0 Å². The molecule has 30 heavy (non-hydrogen) atoms. The number of likely N-dealkylation sites (N-methyl/N-ethyl adjacent to an activating group) is 1. The molecule has 0 bridgehead atoms. The Kier molecular flexibility index (Phi) is 6.36. The maximum atomic E-state index is 12.7. The Labute approximate surface area is 178 Å². The Bertz CT molecular complexity index is 900. The normalized spacial score (nSPS) is 17.8. The molecule has 0 saturated carbocycles. The van der Waals surface area contributed by atoms with Gasteiger partial charge in [-0.3, -0.25) is 5.41 Å². The number of nitrogen functional groups attached to an aromatic ring is 1. The first-order valence-electron chi connectivity index (χ1n) is 10.2. The summed E-state index contributed by atoms with van der Waals surface area (Å²) < 4.78 is 0. The predicted molar refractivity (Wildman–Crippen MR) is 118 cm³/mol. The molecule has 3 rings (SSSR count). The first-order chi connectivity index (χ1) is 14.2. The second-order valence-corrected chi connectivity index (χ2v) is 8.30. The molecule has 0 aliphatic carbocycles. The zero-order valence-corrected chi connectivity index (χ0v) is 18.1. The lowest BCUT2D eigenvalue weighted by atomic mass is 9.72. The van der Waals surface area contributed by atoms with Crippen molar-refractivity contribution in [3.8, 4) is 11.1 Å².